The van der Waals surface area contributed by atoms with E-state index in [2.05, 4.69) is 16.5 Å². The fraction of sp³-hybridized carbons (Fsp3) is 0.611. The normalized spacial score (nSPS) is 14.8. The number of nitrogens with zero attached hydrogens (tertiary/aromatic N) is 1. The highest BCUT2D eigenvalue weighted by Gasteiger charge is 2.18. The molecule has 0 atom stereocenters. The smallest absolute Gasteiger partial charge is 0.264 e. The second kappa shape index (κ2) is 9.06. The number of hydrogen-bond acceptors (Lipinski definition) is 4. The van der Waals surface area contributed by atoms with Crippen LogP contribution in [0.1, 0.15) is 58.3 Å². The van der Waals surface area contributed by atoms with E-state index in [1.807, 2.05) is 12.1 Å². The standard InChI is InChI=1S/C18H28N2O3S/c1-2-3-4-5-6-9-18(21)19-24(22,23)17-12-10-16(11-13-17)20-14-7-8-15-20/h10-13H,2-9,14-15H2,1H3,(H,19,21). The summed E-state index contributed by atoms with van der Waals surface area (Å²) in [5, 5.41) is 0. The molecule has 1 aromatic rings. The number of unbranched alkanes of at least 4 members (excludes halogenated alkanes) is 4. The molecule has 0 aliphatic carbocycles. The molecule has 6 heteroatoms. The van der Waals surface area contributed by atoms with Crippen molar-refractivity contribution in [2.75, 3.05) is 18.0 Å². The van der Waals surface area contributed by atoms with Crippen LogP contribution in [0.25, 0.3) is 0 Å². The number of benzene rings is 1. The van der Waals surface area contributed by atoms with Gasteiger partial charge in [-0.15, -0.1) is 0 Å². The maximum Gasteiger partial charge on any atom is 0.264 e. The fourth-order valence-corrected chi connectivity index (χ4v) is 3.97. The maximum atomic E-state index is 12.3. The second-order valence-corrected chi connectivity index (χ2v) is 8.06. The molecule has 1 aliphatic rings. The zero-order chi connectivity index (χ0) is 17.4. The van der Waals surface area contributed by atoms with Gasteiger partial charge in [-0.3, -0.25) is 4.79 Å². The van der Waals surface area contributed by atoms with E-state index in [0.717, 1.165) is 50.9 Å². The van der Waals surface area contributed by atoms with Gasteiger partial charge in [0.25, 0.3) is 10.0 Å². The molecule has 0 radical (unpaired) electrons. The van der Waals surface area contributed by atoms with Crippen LogP contribution in [0.15, 0.2) is 29.2 Å². The molecule has 134 valence electrons. The Balaban J connectivity index is 1.86. The molecule has 0 unspecified atom stereocenters. The maximum absolute atomic E-state index is 12.3. The van der Waals surface area contributed by atoms with Crippen molar-refractivity contribution in [1.29, 1.82) is 0 Å². The fourth-order valence-electron chi connectivity index (χ4n) is 2.96. The number of carbonyl (C=O) groups excluding carboxylic acids is 1. The van der Waals surface area contributed by atoms with Crippen LogP contribution < -0.4 is 9.62 Å². The molecule has 0 aromatic heterocycles. The molecule has 1 saturated heterocycles. The van der Waals surface area contributed by atoms with Crippen LogP contribution in [0.3, 0.4) is 0 Å². The van der Waals surface area contributed by atoms with Gasteiger partial charge >= 0.3 is 0 Å². The number of rotatable bonds is 9. The predicted molar refractivity (Wildman–Crippen MR) is 96.6 cm³/mol. The summed E-state index contributed by atoms with van der Waals surface area (Å²) in [5.41, 5.74) is 1.04. The lowest BCUT2D eigenvalue weighted by atomic mass is 10.1. The van der Waals surface area contributed by atoms with E-state index in [-0.39, 0.29) is 11.3 Å². The van der Waals surface area contributed by atoms with Gasteiger partial charge in [-0.05, 0) is 43.5 Å². The topological polar surface area (TPSA) is 66.5 Å². The lowest BCUT2D eigenvalue weighted by Crippen LogP contribution is -2.30. The van der Waals surface area contributed by atoms with Crippen LogP contribution in [0.4, 0.5) is 5.69 Å². The summed E-state index contributed by atoms with van der Waals surface area (Å²) in [6.07, 6.45) is 7.70. The van der Waals surface area contributed by atoms with Crippen LogP contribution in [0.5, 0.6) is 0 Å². The van der Waals surface area contributed by atoms with Crippen molar-refractivity contribution in [2.24, 2.45) is 0 Å². The van der Waals surface area contributed by atoms with Crippen LogP contribution >= 0.6 is 0 Å². The van der Waals surface area contributed by atoms with E-state index < -0.39 is 15.9 Å². The van der Waals surface area contributed by atoms with E-state index in [0.29, 0.717) is 0 Å². The SMILES string of the molecule is CCCCCCCC(=O)NS(=O)(=O)c1ccc(N2CCCC2)cc1. The highest BCUT2D eigenvalue weighted by atomic mass is 32.2. The number of sulfonamides is 1. The average Bonchev–Trinajstić information content (AvgIpc) is 3.09. The first-order valence-electron chi connectivity index (χ1n) is 8.93. The average molecular weight is 353 g/mol. The zero-order valence-corrected chi connectivity index (χ0v) is 15.3. The third kappa shape index (κ3) is 5.51. The van der Waals surface area contributed by atoms with Crippen molar-refractivity contribution in [3.05, 3.63) is 24.3 Å². The van der Waals surface area contributed by atoms with Crippen LogP contribution in [0, 0.1) is 0 Å². The summed E-state index contributed by atoms with van der Waals surface area (Å²) < 4.78 is 26.7. The van der Waals surface area contributed by atoms with Gasteiger partial charge in [0.15, 0.2) is 0 Å². The minimum Gasteiger partial charge on any atom is -0.372 e. The van der Waals surface area contributed by atoms with Gasteiger partial charge in [0.1, 0.15) is 0 Å². The van der Waals surface area contributed by atoms with Crippen LogP contribution in [-0.2, 0) is 14.8 Å². The molecule has 2 rings (SSSR count). The van der Waals surface area contributed by atoms with Crippen LogP contribution in [0.2, 0.25) is 0 Å². The van der Waals surface area contributed by atoms with Gasteiger partial charge in [0.05, 0.1) is 4.90 Å². The molecule has 0 spiro atoms. The molecule has 0 saturated carbocycles. The summed E-state index contributed by atoms with van der Waals surface area (Å²) >= 11 is 0. The Morgan fingerprint density at radius 3 is 2.29 bits per heavy atom. The minimum atomic E-state index is -3.77. The first-order chi connectivity index (χ1) is 11.5. The number of amides is 1. The number of anilines is 1. The second-order valence-electron chi connectivity index (χ2n) is 6.38. The van der Waals surface area contributed by atoms with E-state index in [9.17, 15) is 13.2 Å². The lowest BCUT2D eigenvalue weighted by molar-refractivity contribution is -0.119. The number of nitrogens with one attached hydrogen (secondary N) is 1. The molecule has 1 heterocycles. The largest absolute Gasteiger partial charge is 0.372 e. The van der Waals surface area contributed by atoms with Crippen molar-refractivity contribution in [1.82, 2.24) is 4.72 Å². The third-order valence-corrected chi connectivity index (χ3v) is 5.76. The molecule has 1 amide bonds. The van der Waals surface area contributed by atoms with E-state index in [1.54, 1.807) is 12.1 Å². The zero-order valence-electron chi connectivity index (χ0n) is 14.5. The summed E-state index contributed by atoms with van der Waals surface area (Å²) in [7, 11) is -3.77. The summed E-state index contributed by atoms with van der Waals surface area (Å²) in [6.45, 7) is 4.16. The highest BCUT2D eigenvalue weighted by molar-refractivity contribution is 7.90. The minimum absolute atomic E-state index is 0.143. The van der Waals surface area contributed by atoms with Gasteiger partial charge in [-0.25, -0.2) is 13.1 Å². The van der Waals surface area contributed by atoms with Gasteiger partial charge in [-0.2, -0.15) is 0 Å². The van der Waals surface area contributed by atoms with Gasteiger partial charge in [0, 0.05) is 25.2 Å². The predicted octanol–water partition coefficient (Wildman–Crippen LogP) is 3.45. The number of hydrogen-bond donors (Lipinski definition) is 1. The van der Waals surface area contributed by atoms with E-state index in [4.69, 9.17) is 0 Å². The Morgan fingerprint density at radius 1 is 1.04 bits per heavy atom. The Morgan fingerprint density at radius 2 is 1.67 bits per heavy atom. The first kappa shape index (κ1) is 18.8. The first-order valence-corrected chi connectivity index (χ1v) is 10.4. The molecule has 0 bridgehead atoms. The highest BCUT2D eigenvalue weighted by Crippen LogP contribution is 2.22. The van der Waals surface area contributed by atoms with Crippen molar-refractivity contribution >= 4 is 21.6 Å². The van der Waals surface area contributed by atoms with Crippen molar-refractivity contribution in [3.63, 3.8) is 0 Å². The molecule has 1 aromatic carbocycles. The third-order valence-electron chi connectivity index (χ3n) is 4.37. The molecule has 1 fully saturated rings. The molecule has 24 heavy (non-hydrogen) atoms. The molecule has 1 N–H and O–H groups in total. The lowest BCUT2D eigenvalue weighted by Gasteiger charge is -2.17. The Bertz CT molecular complexity index is 620. The molecule has 5 nitrogen and oxygen atoms in total. The van der Waals surface area contributed by atoms with Gasteiger partial charge in [-0.1, -0.05) is 32.6 Å². The molecular weight excluding hydrogens is 324 g/mol. The van der Waals surface area contributed by atoms with E-state index >= 15 is 0 Å². The quantitative estimate of drug-likeness (QED) is 0.691. The van der Waals surface area contributed by atoms with Gasteiger partial charge in [0.2, 0.25) is 5.91 Å². The van der Waals surface area contributed by atoms with E-state index in [1.165, 1.54) is 12.8 Å². The molecule has 1 aliphatic heterocycles. The monoisotopic (exact) mass is 352 g/mol. The summed E-state index contributed by atoms with van der Waals surface area (Å²) in [5.74, 6) is -0.421. The summed E-state index contributed by atoms with van der Waals surface area (Å²) in [4.78, 5) is 14.2. The van der Waals surface area contributed by atoms with Gasteiger partial charge < -0.3 is 4.90 Å². The van der Waals surface area contributed by atoms with Crippen molar-refractivity contribution in [3.8, 4) is 0 Å². The van der Waals surface area contributed by atoms with Crippen molar-refractivity contribution < 1.29 is 13.2 Å². The molecular formula is C18H28N2O3S. The Kier molecular flexibility index (Phi) is 7.09. The Labute approximate surface area is 145 Å². The Hall–Kier alpha value is -1.56. The number of carbonyl (C=O) groups is 1. The summed E-state index contributed by atoms with van der Waals surface area (Å²) in [6, 6.07) is 6.78. The van der Waals surface area contributed by atoms with Crippen LogP contribution in [-0.4, -0.2) is 27.4 Å². The van der Waals surface area contributed by atoms with Crippen molar-refractivity contribution in [2.45, 2.75) is 63.2 Å².